The van der Waals surface area contributed by atoms with Gasteiger partial charge in [-0.25, -0.2) is 0 Å². The standard InChI is InChI=1S/C23H23Br/c1-2-3-4-5-14-22-15-23(16-22,17-22)20-10-6-18(7-11-20)19-8-12-21(24)13-9-19/h6-13H,2,5,14-17H2,1H3. The molecule has 0 aliphatic heterocycles. The predicted molar refractivity (Wildman–Crippen MR) is 105 cm³/mol. The zero-order chi connectivity index (χ0) is 16.6. The highest BCUT2D eigenvalue weighted by atomic mass is 79.9. The lowest BCUT2D eigenvalue weighted by molar-refractivity contribution is -0.145. The monoisotopic (exact) mass is 378 g/mol. The maximum atomic E-state index is 3.50. The molecule has 0 aromatic heterocycles. The SMILES string of the molecule is CCC#CCCC12CC(c3ccc(-c4ccc(Br)cc4)cc3)(C1)C2. The first kappa shape index (κ1) is 16.0. The molecule has 2 aromatic rings. The predicted octanol–water partition coefficient (Wildman–Crippen LogP) is 6.73. The number of halogens is 1. The molecule has 1 heteroatoms. The van der Waals surface area contributed by atoms with Crippen LogP contribution in [0.4, 0.5) is 0 Å². The van der Waals surface area contributed by atoms with Gasteiger partial charge in [-0.05, 0) is 65.3 Å². The van der Waals surface area contributed by atoms with Crippen molar-refractivity contribution in [2.24, 2.45) is 5.41 Å². The topological polar surface area (TPSA) is 0 Å². The Morgan fingerprint density at radius 3 is 2.04 bits per heavy atom. The minimum Gasteiger partial charge on any atom is -0.104 e. The molecule has 2 bridgehead atoms. The first-order chi connectivity index (χ1) is 11.6. The molecule has 3 saturated carbocycles. The summed E-state index contributed by atoms with van der Waals surface area (Å²) in [6.45, 7) is 2.13. The second-order valence-corrected chi connectivity index (χ2v) is 8.52. The highest BCUT2D eigenvalue weighted by molar-refractivity contribution is 9.10. The molecule has 0 nitrogen and oxygen atoms in total. The normalized spacial score (nSPS) is 26.8. The third kappa shape index (κ3) is 2.72. The molecule has 3 fully saturated rings. The van der Waals surface area contributed by atoms with Crippen molar-refractivity contribution in [2.75, 3.05) is 0 Å². The van der Waals surface area contributed by atoms with Crippen LogP contribution in [0.15, 0.2) is 53.0 Å². The summed E-state index contributed by atoms with van der Waals surface area (Å²) in [5, 5.41) is 0. The minimum absolute atomic E-state index is 0.496. The molecule has 5 rings (SSSR count). The fourth-order valence-corrected chi connectivity index (χ4v) is 5.03. The zero-order valence-electron chi connectivity index (χ0n) is 14.2. The van der Waals surface area contributed by atoms with Gasteiger partial charge in [0.05, 0.1) is 0 Å². The van der Waals surface area contributed by atoms with Crippen molar-refractivity contribution < 1.29 is 0 Å². The highest BCUT2D eigenvalue weighted by Crippen LogP contribution is 2.75. The Morgan fingerprint density at radius 1 is 0.875 bits per heavy atom. The van der Waals surface area contributed by atoms with Crippen molar-refractivity contribution in [2.45, 2.75) is 50.9 Å². The summed E-state index contributed by atoms with van der Waals surface area (Å²) in [5.74, 6) is 6.51. The maximum Gasteiger partial charge on any atom is 0.0175 e. The van der Waals surface area contributed by atoms with Crippen LogP contribution in [0.1, 0.15) is 51.0 Å². The van der Waals surface area contributed by atoms with Gasteiger partial charge in [0.1, 0.15) is 0 Å². The number of hydrogen-bond donors (Lipinski definition) is 0. The third-order valence-electron chi connectivity index (χ3n) is 5.90. The molecule has 0 N–H and O–H groups in total. The summed E-state index contributed by atoms with van der Waals surface area (Å²) in [5.41, 5.74) is 5.27. The van der Waals surface area contributed by atoms with E-state index in [1.54, 1.807) is 5.56 Å². The van der Waals surface area contributed by atoms with Gasteiger partial charge in [0.25, 0.3) is 0 Å². The van der Waals surface area contributed by atoms with Crippen molar-refractivity contribution in [3.05, 3.63) is 58.6 Å². The summed E-state index contributed by atoms with van der Waals surface area (Å²) < 4.78 is 1.13. The Bertz CT molecular complexity index is 767. The van der Waals surface area contributed by atoms with E-state index in [4.69, 9.17) is 0 Å². The van der Waals surface area contributed by atoms with Crippen molar-refractivity contribution in [1.29, 1.82) is 0 Å². The van der Waals surface area contributed by atoms with E-state index in [0.717, 1.165) is 17.3 Å². The lowest BCUT2D eigenvalue weighted by atomic mass is 9.32. The molecule has 0 atom stereocenters. The molecule has 24 heavy (non-hydrogen) atoms. The Kier molecular flexibility index (Phi) is 4.05. The zero-order valence-corrected chi connectivity index (χ0v) is 15.8. The quantitative estimate of drug-likeness (QED) is 0.517. The molecular weight excluding hydrogens is 356 g/mol. The largest absolute Gasteiger partial charge is 0.104 e. The van der Waals surface area contributed by atoms with Gasteiger partial charge >= 0.3 is 0 Å². The Balaban J connectivity index is 1.40. The van der Waals surface area contributed by atoms with Crippen LogP contribution in [0.3, 0.4) is 0 Å². The number of benzene rings is 2. The van der Waals surface area contributed by atoms with Crippen molar-refractivity contribution >= 4 is 15.9 Å². The van der Waals surface area contributed by atoms with Gasteiger partial charge in [0.2, 0.25) is 0 Å². The Hall–Kier alpha value is -1.52. The van der Waals surface area contributed by atoms with Gasteiger partial charge in [-0.1, -0.05) is 59.3 Å². The van der Waals surface area contributed by atoms with Gasteiger partial charge in [0, 0.05) is 17.3 Å². The van der Waals surface area contributed by atoms with Gasteiger partial charge in [-0.15, -0.1) is 11.8 Å². The molecule has 0 unspecified atom stereocenters. The van der Waals surface area contributed by atoms with Crippen molar-refractivity contribution in [3.8, 4) is 23.0 Å². The summed E-state index contributed by atoms with van der Waals surface area (Å²) in [6, 6.07) is 17.9. The summed E-state index contributed by atoms with van der Waals surface area (Å²) in [4.78, 5) is 0. The number of rotatable bonds is 4. The first-order valence-electron chi connectivity index (χ1n) is 8.97. The lowest BCUT2D eigenvalue weighted by Gasteiger charge is -2.71. The van der Waals surface area contributed by atoms with Gasteiger partial charge in [-0.3, -0.25) is 0 Å². The van der Waals surface area contributed by atoms with Crippen LogP contribution in [0.25, 0.3) is 11.1 Å². The van der Waals surface area contributed by atoms with E-state index < -0.39 is 0 Å². The van der Waals surface area contributed by atoms with E-state index in [9.17, 15) is 0 Å². The van der Waals surface area contributed by atoms with Gasteiger partial charge < -0.3 is 0 Å². The lowest BCUT2D eigenvalue weighted by Crippen LogP contribution is -2.64. The second kappa shape index (κ2) is 6.08. The van der Waals surface area contributed by atoms with Crippen molar-refractivity contribution in [3.63, 3.8) is 0 Å². The molecule has 0 amide bonds. The molecule has 3 aliphatic rings. The van der Waals surface area contributed by atoms with Gasteiger partial charge in [0.15, 0.2) is 0 Å². The van der Waals surface area contributed by atoms with E-state index >= 15 is 0 Å². The van der Waals surface area contributed by atoms with Crippen LogP contribution < -0.4 is 0 Å². The first-order valence-corrected chi connectivity index (χ1v) is 9.76. The van der Waals surface area contributed by atoms with Crippen LogP contribution in [0.2, 0.25) is 0 Å². The fraction of sp³-hybridized carbons (Fsp3) is 0.391. The average molecular weight is 379 g/mol. The van der Waals surface area contributed by atoms with Gasteiger partial charge in [-0.2, -0.15) is 0 Å². The van der Waals surface area contributed by atoms with Crippen LogP contribution in [-0.2, 0) is 5.41 Å². The van der Waals surface area contributed by atoms with Crippen LogP contribution in [-0.4, -0.2) is 0 Å². The fourth-order valence-electron chi connectivity index (χ4n) is 4.77. The molecule has 0 spiro atoms. The molecule has 3 aliphatic carbocycles. The molecule has 0 radical (unpaired) electrons. The molecular formula is C23H23Br. The molecule has 0 saturated heterocycles. The summed E-state index contributed by atoms with van der Waals surface area (Å²) >= 11 is 3.50. The third-order valence-corrected chi connectivity index (χ3v) is 6.43. The highest BCUT2D eigenvalue weighted by Gasteiger charge is 2.67. The van der Waals surface area contributed by atoms with E-state index in [-0.39, 0.29) is 0 Å². The smallest absolute Gasteiger partial charge is 0.0175 e. The maximum absolute atomic E-state index is 3.50. The van der Waals surface area contributed by atoms with Crippen molar-refractivity contribution in [1.82, 2.24) is 0 Å². The van der Waals surface area contributed by atoms with E-state index in [2.05, 4.69) is 83.2 Å². The molecule has 0 heterocycles. The number of hydrogen-bond acceptors (Lipinski definition) is 0. The average Bonchev–Trinajstić information content (AvgIpc) is 2.53. The molecule has 2 aromatic carbocycles. The van der Waals surface area contributed by atoms with E-state index in [0.29, 0.717) is 10.8 Å². The van der Waals surface area contributed by atoms with E-state index in [1.165, 1.54) is 36.8 Å². The molecule has 122 valence electrons. The van der Waals surface area contributed by atoms with E-state index in [1.807, 2.05) is 0 Å². The van der Waals surface area contributed by atoms with Crippen LogP contribution >= 0.6 is 15.9 Å². The van der Waals surface area contributed by atoms with Crippen LogP contribution in [0, 0.1) is 17.3 Å². The van der Waals surface area contributed by atoms with Crippen LogP contribution in [0.5, 0.6) is 0 Å². The summed E-state index contributed by atoms with van der Waals surface area (Å²) in [7, 11) is 0. The Labute approximate surface area is 153 Å². The Morgan fingerprint density at radius 2 is 1.46 bits per heavy atom. The summed E-state index contributed by atoms with van der Waals surface area (Å²) in [6.07, 6.45) is 7.52. The second-order valence-electron chi connectivity index (χ2n) is 7.60. The minimum atomic E-state index is 0.496.